The van der Waals surface area contributed by atoms with Crippen molar-refractivity contribution in [3.63, 3.8) is 0 Å². The van der Waals surface area contributed by atoms with E-state index in [1.54, 1.807) is 29.3 Å². The number of aliphatic carboxylic acids is 1. The van der Waals surface area contributed by atoms with Crippen LogP contribution in [-0.4, -0.2) is 22.6 Å². The molecule has 1 N–H and O–H groups in total. The molecule has 2 heterocycles. The molecule has 0 radical (unpaired) electrons. The molecular formula is C28H24F4N2O3. The molecule has 5 nitrogen and oxygen atoms in total. The molecule has 0 saturated heterocycles. The van der Waals surface area contributed by atoms with Crippen molar-refractivity contribution in [2.45, 2.75) is 44.4 Å². The van der Waals surface area contributed by atoms with E-state index in [0.717, 1.165) is 17.2 Å². The van der Waals surface area contributed by atoms with E-state index in [1.807, 2.05) is 13.8 Å². The predicted molar refractivity (Wildman–Crippen MR) is 128 cm³/mol. The highest BCUT2D eigenvalue weighted by molar-refractivity contribution is 5.78. The molecule has 0 bridgehead atoms. The predicted octanol–water partition coefficient (Wildman–Crippen LogP) is 6.22. The van der Waals surface area contributed by atoms with Crippen LogP contribution in [0.25, 0.3) is 0 Å². The summed E-state index contributed by atoms with van der Waals surface area (Å²) in [6.07, 6.45) is -2.25. The normalized spacial score (nSPS) is 22.9. The number of hydrogen-bond acceptors (Lipinski definition) is 4. The summed E-state index contributed by atoms with van der Waals surface area (Å²) in [5.41, 5.74) is 1.99. The molecule has 37 heavy (non-hydrogen) atoms. The average molecular weight is 513 g/mol. The van der Waals surface area contributed by atoms with Crippen LogP contribution < -0.4 is 9.64 Å². The summed E-state index contributed by atoms with van der Waals surface area (Å²) >= 11 is 0. The Morgan fingerprint density at radius 3 is 2.68 bits per heavy atom. The molecule has 0 amide bonds. The van der Waals surface area contributed by atoms with E-state index < -0.39 is 28.9 Å². The van der Waals surface area contributed by atoms with Gasteiger partial charge in [-0.15, -0.1) is 0 Å². The standard InChI is InChI=1S/C28H24F4N2O3/c1-27(2)13-34(21-6-4-3-5-18(21)28(30,31)32)22-8-15(20(29)10-19(22)27)12-37-23-9-14-7-16-24(17(14)11-33-23)25(16)26(35)36/h3-6,8-11,16,24-25H,7,12-13H2,1-2H3,(H,35,36)/t16-,24-,25+/m1/s1. The lowest BCUT2D eigenvalue weighted by Crippen LogP contribution is -2.26. The maximum absolute atomic E-state index is 15.1. The highest BCUT2D eigenvalue weighted by atomic mass is 19.4. The van der Waals surface area contributed by atoms with E-state index >= 15 is 4.39 Å². The number of rotatable bonds is 5. The van der Waals surface area contributed by atoms with E-state index in [1.165, 1.54) is 18.2 Å². The first-order chi connectivity index (χ1) is 17.5. The number of pyridine rings is 1. The summed E-state index contributed by atoms with van der Waals surface area (Å²) in [6.45, 7) is 3.88. The highest BCUT2D eigenvalue weighted by Gasteiger charge is 2.60. The highest BCUT2D eigenvalue weighted by Crippen LogP contribution is 2.61. The third-order valence-corrected chi connectivity index (χ3v) is 7.88. The second-order valence-electron chi connectivity index (χ2n) is 10.7. The summed E-state index contributed by atoms with van der Waals surface area (Å²) in [7, 11) is 0. The topological polar surface area (TPSA) is 62.7 Å². The number of benzene rings is 2. The molecule has 9 heteroatoms. The first kappa shape index (κ1) is 23.8. The second-order valence-corrected chi connectivity index (χ2v) is 10.7. The molecule has 6 rings (SSSR count). The van der Waals surface area contributed by atoms with E-state index in [9.17, 15) is 23.1 Å². The zero-order valence-corrected chi connectivity index (χ0v) is 20.1. The molecule has 3 aliphatic rings. The van der Waals surface area contributed by atoms with Crippen LogP contribution in [0, 0.1) is 17.7 Å². The van der Waals surface area contributed by atoms with Crippen molar-refractivity contribution in [3.8, 4) is 5.88 Å². The number of ether oxygens (including phenoxy) is 1. The molecule has 1 aliphatic heterocycles. The van der Waals surface area contributed by atoms with Crippen LogP contribution in [0.3, 0.4) is 0 Å². The Labute approximate surface area is 210 Å². The SMILES string of the molecule is CC1(C)CN(c2ccccc2C(F)(F)F)c2cc(COc3cc4c(cn3)[C@H]3[C@@H](C4)[C@@H]3C(=O)O)c(F)cc21. The number of anilines is 2. The minimum absolute atomic E-state index is 0.00267. The molecule has 192 valence electrons. The third-order valence-electron chi connectivity index (χ3n) is 7.88. The third kappa shape index (κ3) is 3.83. The van der Waals surface area contributed by atoms with E-state index in [4.69, 9.17) is 4.74 Å². The first-order valence-corrected chi connectivity index (χ1v) is 12.1. The van der Waals surface area contributed by atoms with Crippen molar-refractivity contribution in [1.82, 2.24) is 4.98 Å². The zero-order chi connectivity index (χ0) is 26.3. The summed E-state index contributed by atoms with van der Waals surface area (Å²) in [4.78, 5) is 17.2. The van der Waals surface area contributed by atoms with Crippen molar-refractivity contribution >= 4 is 17.3 Å². The molecule has 0 spiro atoms. The Morgan fingerprint density at radius 2 is 1.95 bits per heavy atom. The van der Waals surface area contributed by atoms with Gasteiger partial charge in [0, 0.05) is 41.4 Å². The molecule has 0 unspecified atom stereocenters. The lowest BCUT2D eigenvalue weighted by molar-refractivity contribution is -0.139. The van der Waals surface area contributed by atoms with Gasteiger partial charge in [0.05, 0.1) is 17.2 Å². The van der Waals surface area contributed by atoms with Gasteiger partial charge in [0.25, 0.3) is 0 Å². The summed E-state index contributed by atoms with van der Waals surface area (Å²) < 4.78 is 62.2. The Bertz CT molecular complexity index is 1440. The lowest BCUT2D eigenvalue weighted by atomic mass is 9.86. The van der Waals surface area contributed by atoms with Gasteiger partial charge >= 0.3 is 12.1 Å². The Hall–Kier alpha value is -3.62. The second kappa shape index (κ2) is 7.94. The molecule has 1 saturated carbocycles. The lowest BCUT2D eigenvalue weighted by Gasteiger charge is -2.25. The molecule has 2 aliphatic carbocycles. The van der Waals surface area contributed by atoms with Gasteiger partial charge in [-0.1, -0.05) is 26.0 Å². The Morgan fingerprint density at radius 1 is 1.19 bits per heavy atom. The Balaban J connectivity index is 1.28. The van der Waals surface area contributed by atoms with Gasteiger partial charge < -0.3 is 14.7 Å². The van der Waals surface area contributed by atoms with Gasteiger partial charge in [-0.3, -0.25) is 4.79 Å². The Kier molecular flexibility index (Phi) is 5.10. The molecule has 3 atom stereocenters. The minimum Gasteiger partial charge on any atom is -0.481 e. The summed E-state index contributed by atoms with van der Waals surface area (Å²) in [5.74, 6) is -1.25. The quantitative estimate of drug-likeness (QED) is 0.412. The maximum Gasteiger partial charge on any atom is 0.418 e. The maximum atomic E-state index is 15.1. The monoisotopic (exact) mass is 512 g/mol. The number of carboxylic acid groups (broad SMARTS) is 1. The van der Waals surface area contributed by atoms with Crippen LogP contribution in [0.15, 0.2) is 48.7 Å². The number of carbonyl (C=O) groups is 1. The van der Waals surface area contributed by atoms with E-state index in [-0.39, 0.29) is 42.2 Å². The molecular weight excluding hydrogens is 488 g/mol. The van der Waals surface area contributed by atoms with Crippen LogP contribution in [0.2, 0.25) is 0 Å². The van der Waals surface area contributed by atoms with Crippen molar-refractivity contribution < 1.29 is 32.2 Å². The van der Waals surface area contributed by atoms with Crippen molar-refractivity contribution in [3.05, 3.63) is 82.3 Å². The smallest absolute Gasteiger partial charge is 0.418 e. The van der Waals surface area contributed by atoms with E-state index in [2.05, 4.69) is 4.98 Å². The van der Waals surface area contributed by atoms with Crippen LogP contribution >= 0.6 is 0 Å². The van der Waals surface area contributed by atoms with Crippen LogP contribution in [0.1, 0.15) is 47.6 Å². The number of nitrogens with zero attached hydrogens (tertiary/aromatic N) is 2. The summed E-state index contributed by atoms with van der Waals surface area (Å²) in [5, 5.41) is 9.28. The van der Waals surface area contributed by atoms with Crippen molar-refractivity contribution in [2.75, 3.05) is 11.4 Å². The average Bonchev–Trinajstić information content (AvgIpc) is 3.33. The fourth-order valence-corrected chi connectivity index (χ4v) is 6.05. The molecule has 1 aromatic heterocycles. The number of para-hydroxylation sites is 1. The molecule has 2 aromatic carbocycles. The number of carboxylic acids is 1. The van der Waals surface area contributed by atoms with Crippen molar-refractivity contribution in [1.29, 1.82) is 0 Å². The van der Waals surface area contributed by atoms with Gasteiger partial charge in [0.1, 0.15) is 12.4 Å². The number of aromatic nitrogens is 1. The van der Waals surface area contributed by atoms with Crippen LogP contribution in [0.5, 0.6) is 5.88 Å². The van der Waals surface area contributed by atoms with E-state index in [0.29, 0.717) is 23.6 Å². The minimum atomic E-state index is -4.53. The van der Waals surface area contributed by atoms with Crippen molar-refractivity contribution in [2.24, 2.45) is 11.8 Å². The summed E-state index contributed by atoms with van der Waals surface area (Å²) in [6, 6.07) is 10.1. The zero-order valence-electron chi connectivity index (χ0n) is 20.1. The number of fused-ring (bicyclic) bond motifs is 4. The number of alkyl halides is 3. The van der Waals surface area contributed by atoms with Gasteiger partial charge in [-0.05, 0) is 53.3 Å². The molecule has 3 aromatic rings. The van der Waals surface area contributed by atoms with Gasteiger partial charge in [0.2, 0.25) is 5.88 Å². The largest absolute Gasteiger partial charge is 0.481 e. The van der Waals surface area contributed by atoms with Gasteiger partial charge in [-0.2, -0.15) is 13.2 Å². The fourth-order valence-electron chi connectivity index (χ4n) is 6.05. The van der Waals surface area contributed by atoms with Crippen LogP contribution in [-0.2, 0) is 29.4 Å². The number of hydrogen-bond donors (Lipinski definition) is 1. The first-order valence-electron chi connectivity index (χ1n) is 12.1. The van der Waals surface area contributed by atoms with Crippen LogP contribution in [0.4, 0.5) is 28.9 Å². The van der Waals surface area contributed by atoms with Gasteiger partial charge in [0.15, 0.2) is 0 Å². The molecule has 1 fully saturated rings. The fraction of sp³-hybridized carbons (Fsp3) is 0.357. The number of halogens is 4. The van der Waals surface area contributed by atoms with Gasteiger partial charge in [-0.25, -0.2) is 9.37 Å².